The fourth-order valence-corrected chi connectivity index (χ4v) is 2.25. The Kier molecular flexibility index (Phi) is 5.11. The quantitative estimate of drug-likeness (QED) is 0.851. The molecular weight excluding hydrogens is 226 g/mol. The molecule has 0 radical (unpaired) electrons. The van der Waals surface area contributed by atoms with Gasteiger partial charge in [-0.1, -0.05) is 13.0 Å². The third-order valence-electron chi connectivity index (χ3n) is 3.45. The number of pyridine rings is 1. The van der Waals surface area contributed by atoms with Crippen LogP contribution in [0.25, 0.3) is 0 Å². The Hall–Kier alpha value is -0.970. The Morgan fingerprint density at radius 3 is 3.22 bits per heavy atom. The van der Waals surface area contributed by atoms with Gasteiger partial charge in [-0.3, -0.25) is 9.88 Å². The number of rotatable bonds is 5. The monoisotopic (exact) mass is 249 g/mol. The Morgan fingerprint density at radius 2 is 2.44 bits per heavy atom. The molecule has 0 amide bonds. The zero-order chi connectivity index (χ0) is 12.8. The zero-order valence-electron chi connectivity index (χ0n) is 11.4. The number of hydrogen-bond donors (Lipinski definition) is 1. The number of aryl methyl sites for hydroxylation is 1. The van der Waals surface area contributed by atoms with E-state index in [1.165, 1.54) is 5.56 Å². The van der Waals surface area contributed by atoms with Crippen LogP contribution in [0.2, 0.25) is 0 Å². The summed E-state index contributed by atoms with van der Waals surface area (Å²) in [5.74, 6) is 0. The first-order valence-corrected chi connectivity index (χ1v) is 6.74. The summed E-state index contributed by atoms with van der Waals surface area (Å²) in [6, 6.07) is 4.07. The molecule has 4 heteroatoms. The van der Waals surface area contributed by atoms with E-state index in [9.17, 15) is 0 Å². The number of morpholine rings is 1. The van der Waals surface area contributed by atoms with Crippen LogP contribution in [0.15, 0.2) is 18.3 Å². The van der Waals surface area contributed by atoms with Gasteiger partial charge in [-0.05, 0) is 25.1 Å². The molecule has 1 atom stereocenters. The lowest BCUT2D eigenvalue weighted by Crippen LogP contribution is -2.46. The maximum absolute atomic E-state index is 5.75. The summed E-state index contributed by atoms with van der Waals surface area (Å²) < 4.78 is 5.75. The van der Waals surface area contributed by atoms with Crippen molar-refractivity contribution in [3.05, 3.63) is 29.6 Å². The largest absolute Gasteiger partial charge is 0.374 e. The fraction of sp³-hybridized carbons (Fsp3) is 0.643. The van der Waals surface area contributed by atoms with Gasteiger partial charge in [0.15, 0.2) is 0 Å². The maximum Gasteiger partial charge on any atom is 0.0826 e. The van der Waals surface area contributed by atoms with Crippen molar-refractivity contribution in [2.45, 2.75) is 26.5 Å². The summed E-state index contributed by atoms with van der Waals surface area (Å²) >= 11 is 0. The highest BCUT2D eigenvalue weighted by molar-refractivity contribution is 5.17. The molecule has 1 aliphatic heterocycles. The van der Waals surface area contributed by atoms with E-state index < -0.39 is 0 Å². The van der Waals surface area contributed by atoms with E-state index in [4.69, 9.17) is 4.74 Å². The highest BCUT2D eigenvalue weighted by Crippen LogP contribution is 2.05. The van der Waals surface area contributed by atoms with Crippen LogP contribution in [-0.2, 0) is 11.3 Å². The average molecular weight is 249 g/mol. The van der Waals surface area contributed by atoms with E-state index in [0.29, 0.717) is 6.10 Å². The minimum absolute atomic E-state index is 0.308. The van der Waals surface area contributed by atoms with Gasteiger partial charge in [0.1, 0.15) is 0 Å². The normalized spacial score (nSPS) is 21.1. The van der Waals surface area contributed by atoms with Crippen molar-refractivity contribution in [2.75, 3.05) is 32.8 Å². The highest BCUT2D eigenvalue weighted by atomic mass is 16.5. The first-order chi connectivity index (χ1) is 8.79. The minimum Gasteiger partial charge on any atom is -0.374 e. The number of hydrogen-bond acceptors (Lipinski definition) is 4. The first-order valence-electron chi connectivity index (χ1n) is 6.74. The van der Waals surface area contributed by atoms with Gasteiger partial charge < -0.3 is 10.1 Å². The van der Waals surface area contributed by atoms with Crippen LogP contribution < -0.4 is 5.32 Å². The Labute approximate surface area is 109 Å². The van der Waals surface area contributed by atoms with Gasteiger partial charge in [-0.2, -0.15) is 0 Å². The van der Waals surface area contributed by atoms with Crippen LogP contribution in [0.4, 0.5) is 0 Å². The zero-order valence-corrected chi connectivity index (χ0v) is 11.4. The van der Waals surface area contributed by atoms with Gasteiger partial charge in [0, 0.05) is 32.4 Å². The van der Waals surface area contributed by atoms with Gasteiger partial charge in [0.05, 0.1) is 18.4 Å². The molecular formula is C14H23N3O. The van der Waals surface area contributed by atoms with Crippen LogP contribution in [0.1, 0.15) is 18.2 Å². The second-order valence-corrected chi connectivity index (χ2v) is 4.78. The van der Waals surface area contributed by atoms with Crippen molar-refractivity contribution in [2.24, 2.45) is 0 Å². The van der Waals surface area contributed by atoms with Crippen LogP contribution in [0.5, 0.6) is 0 Å². The summed E-state index contributed by atoms with van der Waals surface area (Å²) in [6.45, 7) is 10.1. The predicted molar refractivity (Wildman–Crippen MR) is 72.5 cm³/mol. The fourth-order valence-electron chi connectivity index (χ4n) is 2.25. The molecule has 4 nitrogen and oxygen atoms in total. The molecule has 1 aromatic rings. The number of ether oxygens (including phenoxy) is 1. The van der Waals surface area contributed by atoms with E-state index in [1.54, 1.807) is 0 Å². The molecule has 1 saturated heterocycles. The van der Waals surface area contributed by atoms with Crippen LogP contribution in [0.3, 0.4) is 0 Å². The third kappa shape index (κ3) is 3.77. The summed E-state index contributed by atoms with van der Waals surface area (Å²) in [6.07, 6.45) is 2.16. The highest BCUT2D eigenvalue weighted by Gasteiger charge is 2.18. The third-order valence-corrected chi connectivity index (χ3v) is 3.45. The van der Waals surface area contributed by atoms with Crippen LogP contribution in [0, 0.1) is 6.92 Å². The SMILES string of the molecule is CCN1CCOC(CNCc2ncccc2C)C1. The van der Waals surface area contributed by atoms with Crippen molar-refractivity contribution in [3.8, 4) is 0 Å². The van der Waals surface area contributed by atoms with E-state index >= 15 is 0 Å². The van der Waals surface area contributed by atoms with Gasteiger partial charge in [-0.25, -0.2) is 0 Å². The van der Waals surface area contributed by atoms with Crippen molar-refractivity contribution >= 4 is 0 Å². The predicted octanol–water partition coefficient (Wildman–Crippen LogP) is 1.20. The molecule has 1 aliphatic rings. The van der Waals surface area contributed by atoms with Crippen LogP contribution in [-0.4, -0.2) is 48.8 Å². The van der Waals surface area contributed by atoms with Gasteiger partial charge in [0.2, 0.25) is 0 Å². The molecule has 0 aromatic carbocycles. The lowest BCUT2D eigenvalue weighted by atomic mass is 10.2. The smallest absolute Gasteiger partial charge is 0.0826 e. The van der Waals surface area contributed by atoms with Crippen molar-refractivity contribution in [1.29, 1.82) is 0 Å². The summed E-state index contributed by atoms with van der Waals surface area (Å²) in [7, 11) is 0. The number of nitrogens with zero attached hydrogens (tertiary/aromatic N) is 2. The Bertz CT molecular complexity index is 370. The van der Waals surface area contributed by atoms with E-state index in [1.807, 2.05) is 12.3 Å². The van der Waals surface area contributed by atoms with Gasteiger partial charge >= 0.3 is 0 Å². The molecule has 1 unspecified atom stereocenters. The standard InChI is InChI=1S/C14H23N3O/c1-3-17-7-8-18-13(11-17)9-15-10-14-12(2)5-4-6-16-14/h4-6,13,15H,3,7-11H2,1-2H3. The summed E-state index contributed by atoms with van der Waals surface area (Å²) in [5.41, 5.74) is 2.37. The number of nitrogens with one attached hydrogen (secondary N) is 1. The van der Waals surface area contributed by atoms with E-state index in [0.717, 1.165) is 45.0 Å². The Morgan fingerprint density at radius 1 is 1.56 bits per heavy atom. The number of aromatic nitrogens is 1. The van der Waals surface area contributed by atoms with E-state index in [2.05, 4.69) is 35.1 Å². The molecule has 1 aromatic heterocycles. The van der Waals surface area contributed by atoms with E-state index in [-0.39, 0.29) is 0 Å². The molecule has 0 aliphatic carbocycles. The lowest BCUT2D eigenvalue weighted by molar-refractivity contribution is -0.0254. The molecule has 0 bridgehead atoms. The molecule has 2 heterocycles. The molecule has 2 rings (SSSR count). The average Bonchev–Trinajstić information content (AvgIpc) is 2.41. The van der Waals surface area contributed by atoms with Gasteiger partial charge in [0.25, 0.3) is 0 Å². The van der Waals surface area contributed by atoms with Crippen molar-refractivity contribution < 1.29 is 4.74 Å². The van der Waals surface area contributed by atoms with Gasteiger partial charge in [-0.15, -0.1) is 0 Å². The van der Waals surface area contributed by atoms with Crippen LogP contribution >= 0.6 is 0 Å². The van der Waals surface area contributed by atoms with Crippen molar-refractivity contribution in [1.82, 2.24) is 15.2 Å². The second kappa shape index (κ2) is 6.83. The molecule has 0 spiro atoms. The summed E-state index contributed by atoms with van der Waals surface area (Å²) in [4.78, 5) is 6.81. The molecule has 1 fully saturated rings. The Balaban J connectivity index is 1.73. The molecule has 18 heavy (non-hydrogen) atoms. The second-order valence-electron chi connectivity index (χ2n) is 4.78. The molecule has 0 saturated carbocycles. The molecule has 100 valence electrons. The minimum atomic E-state index is 0.308. The van der Waals surface area contributed by atoms with Crippen molar-refractivity contribution in [3.63, 3.8) is 0 Å². The first kappa shape index (κ1) is 13.5. The maximum atomic E-state index is 5.75. The summed E-state index contributed by atoms with van der Waals surface area (Å²) in [5, 5.41) is 3.44. The molecule has 1 N–H and O–H groups in total. The number of likely N-dealkylation sites (N-methyl/N-ethyl adjacent to an activating group) is 1. The topological polar surface area (TPSA) is 37.4 Å². The lowest BCUT2D eigenvalue weighted by Gasteiger charge is -2.32.